The van der Waals surface area contributed by atoms with E-state index >= 15 is 0 Å². The lowest BCUT2D eigenvalue weighted by molar-refractivity contribution is -0.274. The average Bonchev–Trinajstić information content (AvgIpc) is 2.71. The van der Waals surface area contributed by atoms with Crippen LogP contribution in [0.3, 0.4) is 0 Å². The first kappa shape index (κ1) is 22.4. The highest BCUT2D eigenvalue weighted by molar-refractivity contribution is 5.27. The van der Waals surface area contributed by atoms with Crippen molar-refractivity contribution in [2.75, 3.05) is 45.9 Å². The van der Waals surface area contributed by atoms with Crippen LogP contribution >= 0.6 is 0 Å². The van der Waals surface area contributed by atoms with E-state index in [1.165, 1.54) is 24.3 Å². The van der Waals surface area contributed by atoms with Crippen LogP contribution in [-0.2, 0) is 6.42 Å². The summed E-state index contributed by atoms with van der Waals surface area (Å²) in [4.78, 5) is 4.75. The van der Waals surface area contributed by atoms with Crippen LogP contribution in [0.1, 0.15) is 12.0 Å². The van der Waals surface area contributed by atoms with Gasteiger partial charge in [0.15, 0.2) is 0 Å². The quantitative estimate of drug-likeness (QED) is 0.557. The number of alkyl halides is 3. The van der Waals surface area contributed by atoms with E-state index in [0.29, 0.717) is 12.4 Å². The number of benzene rings is 2. The summed E-state index contributed by atoms with van der Waals surface area (Å²) in [5, 5.41) is 0. The third-order valence-electron chi connectivity index (χ3n) is 5.05. The maximum absolute atomic E-state index is 12.9. The van der Waals surface area contributed by atoms with Crippen molar-refractivity contribution in [1.29, 1.82) is 0 Å². The molecule has 1 aliphatic heterocycles. The SMILES string of the molecule is Fc1ccc(OCCN2CCN(CCCc3ccc(OC(F)(F)F)cc3)CC2)cc1. The highest BCUT2D eigenvalue weighted by atomic mass is 19.4. The normalized spacial score (nSPS) is 15.9. The molecule has 8 heteroatoms. The Balaban J connectivity index is 1.28. The third kappa shape index (κ3) is 7.84. The molecule has 0 atom stereocenters. The molecule has 0 spiro atoms. The summed E-state index contributed by atoms with van der Waals surface area (Å²) < 4.78 is 59.0. The lowest BCUT2D eigenvalue weighted by Gasteiger charge is -2.34. The van der Waals surface area contributed by atoms with Crippen LogP contribution < -0.4 is 9.47 Å². The van der Waals surface area contributed by atoms with E-state index in [9.17, 15) is 17.6 Å². The highest BCUT2D eigenvalue weighted by Crippen LogP contribution is 2.23. The minimum Gasteiger partial charge on any atom is -0.492 e. The van der Waals surface area contributed by atoms with E-state index < -0.39 is 6.36 Å². The Morgan fingerprint density at radius 2 is 1.33 bits per heavy atom. The van der Waals surface area contributed by atoms with Gasteiger partial charge >= 0.3 is 6.36 Å². The van der Waals surface area contributed by atoms with E-state index in [0.717, 1.165) is 57.7 Å². The van der Waals surface area contributed by atoms with Crippen LogP contribution in [0.5, 0.6) is 11.5 Å². The minimum atomic E-state index is -4.66. The van der Waals surface area contributed by atoms with E-state index in [4.69, 9.17) is 4.74 Å². The van der Waals surface area contributed by atoms with Crippen LogP contribution in [0.25, 0.3) is 0 Å². The molecule has 1 heterocycles. The molecule has 0 N–H and O–H groups in total. The van der Waals surface area contributed by atoms with Crippen molar-refractivity contribution < 1.29 is 27.0 Å². The molecule has 164 valence electrons. The fourth-order valence-electron chi connectivity index (χ4n) is 3.42. The Bertz CT molecular complexity index is 758. The first-order valence-corrected chi connectivity index (χ1v) is 10.1. The number of hydrogen-bond donors (Lipinski definition) is 0. The maximum Gasteiger partial charge on any atom is 0.573 e. The molecule has 0 amide bonds. The summed E-state index contributed by atoms with van der Waals surface area (Å²) in [6.45, 7) is 6.26. The van der Waals surface area contributed by atoms with Gasteiger partial charge in [0.25, 0.3) is 0 Å². The van der Waals surface area contributed by atoms with Crippen LogP contribution in [0, 0.1) is 5.82 Å². The molecule has 0 aromatic heterocycles. The van der Waals surface area contributed by atoms with Crippen molar-refractivity contribution >= 4 is 0 Å². The summed E-state index contributed by atoms with van der Waals surface area (Å²) in [6, 6.07) is 12.1. The Labute approximate surface area is 174 Å². The zero-order valence-corrected chi connectivity index (χ0v) is 16.7. The van der Waals surface area contributed by atoms with Gasteiger partial charge in [0.05, 0.1) is 0 Å². The number of aryl methyl sites for hydroxylation is 1. The summed E-state index contributed by atoms with van der Waals surface area (Å²) in [6.07, 6.45) is -2.89. The lowest BCUT2D eigenvalue weighted by Crippen LogP contribution is -2.47. The zero-order chi connectivity index (χ0) is 21.4. The highest BCUT2D eigenvalue weighted by Gasteiger charge is 2.30. The Hall–Kier alpha value is -2.32. The van der Waals surface area contributed by atoms with Crippen molar-refractivity contribution in [3.8, 4) is 11.5 Å². The first-order chi connectivity index (χ1) is 14.4. The van der Waals surface area contributed by atoms with Gasteiger partial charge < -0.3 is 14.4 Å². The molecular weight excluding hydrogens is 400 g/mol. The largest absolute Gasteiger partial charge is 0.573 e. The Morgan fingerprint density at radius 3 is 1.93 bits per heavy atom. The summed E-state index contributed by atoms with van der Waals surface area (Å²) in [5.74, 6) is 0.213. The number of halogens is 4. The molecule has 1 aliphatic rings. The van der Waals surface area contributed by atoms with Gasteiger partial charge in [-0.05, 0) is 61.3 Å². The van der Waals surface area contributed by atoms with Gasteiger partial charge in [-0.15, -0.1) is 13.2 Å². The van der Waals surface area contributed by atoms with Crippen LogP contribution in [0.4, 0.5) is 17.6 Å². The summed E-state index contributed by atoms with van der Waals surface area (Å²) in [7, 11) is 0. The standard InChI is InChI=1S/C22H26F4N2O2/c23-19-5-9-20(10-6-19)29-17-16-28-14-12-27(13-15-28)11-1-2-18-3-7-21(8-4-18)30-22(24,25)26/h3-10H,1-2,11-17H2. The topological polar surface area (TPSA) is 24.9 Å². The smallest absolute Gasteiger partial charge is 0.492 e. The summed E-state index contributed by atoms with van der Waals surface area (Å²) in [5.41, 5.74) is 1.00. The van der Waals surface area contributed by atoms with Gasteiger partial charge in [0.2, 0.25) is 0 Å². The predicted molar refractivity (Wildman–Crippen MR) is 106 cm³/mol. The minimum absolute atomic E-state index is 0.189. The van der Waals surface area contributed by atoms with E-state index in [-0.39, 0.29) is 11.6 Å². The van der Waals surface area contributed by atoms with Crippen molar-refractivity contribution in [3.63, 3.8) is 0 Å². The molecule has 2 aromatic rings. The second-order valence-electron chi connectivity index (χ2n) is 7.28. The van der Waals surface area contributed by atoms with Crippen LogP contribution in [0.15, 0.2) is 48.5 Å². The van der Waals surface area contributed by atoms with Gasteiger partial charge in [-0.1, -0.05) is 12.1 Å². The van der Waals surface area contributed by atoms with Crippen molar-refractivity contribution in [3.05, 3.63) is 59.9 Å². The van der Waals surface area contributed by atoms with Gasteiger partial charge in [-0.2, -0.15) is 0 Å². The van der Waals surface area contributed by atoms with Crippen LogP contribution in [-0.4, -0.2) is 62.0 Å². The Kier molecular flexibility index (Phi) is 7.93. The lowest BCUT2D eigenvalue weighted by atomic mass is 10.1. The molecule has 30 heavy (non-hydrogen) atoms. The molecule has 1 fully saturated rings. The van der Waals surface area contributed by atoms with Crippen molar-refractivity contribution in [1.82, 2.24) is 9.80 Å². The zero-order valence-electron chi connectivity index (χ0n) is 16.7. The maximum atomic E-state index is 12.9. The average molecular weight is 426 g/mol. The van der Waals surface area contributed by atoms with E-state index in [1.807, 2.05) is 0 Å². The van der Waals surface area contributed by atoms with Gasteiger partial charge in [0, 0.05) is 32.7 Å². The molecule has 0 unspecified atom stereocenters. The first-order valence-electron chi connectivity index (χ1n) is 10.1. The van der Waals surface area contributed by atoms with Gasteiger partial charge in [-0.3, -0.25) is 4.90 Å². The van der Waals surface area contributed by atoms with Crippen LogP contribution in [0.2, 0.25) is 0 Å². The molecule has 4 nitrogen and oxygen atoms in total. The molecule has 0 saturated carbocycles. The van der Waals surface area contributed by atoms with Gasteiger partial charge in [-0.25, -0.2) is 4.39 Å². The molecule has 2 aromatic carbocycles. The number of hydrogen-bond acceptors (Lipinski definition) is 4. The number of ether oxygens (including phenoxy) is 2. The molecule has 3 rings (SSSR count). The van der Waals surface area contributed by atoms with Gasteiger partial charge in [0.1, 0.15) is 23.9 Å². The second-order valence-corrected chi connectivity index (χ2v) is 7.28. The summed E-state index contributed by atoms with van der Waals surface area (Å²) >= 11 is 0. The van der Waals surface area contributed by atoms with E-state index in [1.54, 1.807) is 24.3 Å². The number of rotatable bonds is 9. The molecule has 0 bridgehead atoms. The van der Waals surface area contributed by atoms with Crippen molar-refractivity contribution in [2.24, 2.45) is 0 Å². The Morgan fingerprint density at radius 1 is 0.767 bits per heavy atom. The fraction of sp³-hybridized carbons (Fsp3) is 0.455. The predicted octanol–water partition coefficient (Wildman–Crippen LogP) is 4.35. The molecule has 1 saturated heterocycles. The third-order valence-corrected chi connectivity index (χ3v) is 5.05. The number of piperazine rings is 1. The van der Waals surface area contributed by atoms with Crippen molar-refractivity contribution in [2.45, 2.75) is 19.2 Å². The fourth-order valence-corrected chi connectivity index (χ4v) is 3.42. The van der Waals surface area contributed by atoms with E-state index in [2.05, 4.69) is 14.5 Å². The number of nitrogens with zero attached hydrogens (tertiary/aromatic N) is 2. The molecular formula is C22H26F4N2O2. The molecule has 0 aliphatic carbocycles. The second kappa shape index (κ2) is 10.6. The monoisotopic (exact) mass is 426 g/mol. The molecule has 0 radical (unpaired) electrons.